The van der Waals surface area contributed by atoms with E-state index in [0.29, 0.717) is 17.9 Å². The molecular formula is C12H12N2O2S. The van der Waals surface area contributed by atoms with Crippen molar-refractivity contribution in [3.05, 3.63) is 22.6 Å². The predicted octanol–water partition coefficient (Wildman–Crippen LogP) is 2.63. The van der Waals surface area contributed by atoms with Crippen molar-refractivity contribution in [3.63, 3.8) is 0 Å². The molecule has 1 aliphatic rings. The maximum atomic E-state index is 5.55. The van der Waals surface area contributed by atoms with Crippen LogP contribution < -0.4 is 9.47 Å². The van der Waals surface area contributed by atoms with Gasteiger partial charge in [-0.3, -0.25) is 0 Å². The number of rotatable bonds is 1. The number of hydrogen-bond acceptors (Lipinski definition) is 4. The number of fused-ring (bicyclic) bond motifs is 2. The van der Waals surface area contributed by atoms with Crippen LogP contribution in [0.2, 0.25) is 0 Å². The molecule has 1 aromatic heterocycles. The molecule has 0 saturated carbocycles. The van der Waals surface area contributed by atoms with Gasteiger partial charge in [-0.15, -0.1) is 0 Å². The first-order valence-electron chi connectivity index (χ1n) is 5.60. The highest BCUT2D eigenvalue weighted by molar-refractivity contribution is 7.71. The van der Waals surface area contributed by atoms with Crippen LogP contribution in [-0.4, -0.2) is 23.2 Å². The highest BCUT2D eigenvalue weighted by atomic mass is 32.1. The Balaban J connectivity index is 2.29. The smallest absolute Gasteiger partial charge is 0.163 e. The van der Waals surface area contributed by atoms with Crippen molar-refractivity contribution in [1.82, 2.24) is 9.97 Å². The number of aromatic nitrogens is 2. The maximum Gasteiger partial charge on any atom is 0.163 e. The zero-order valence-electron chi connectivity index (χ0n) is 9.45. The van der Waals surface area contributed by atoms with Crippen LogP contribution in [0, 0.1) is 4.64 Å². The van der Waals surface area contributed by atoms with Gasteiger partial charge >= 0.3 is 0 Å². The number of ether oxygens (including phenoxy) is 2. The predicted molar refractivity (Wildman–Crippen MR) is 67.3 cm³/mol. The molecule has 2 aromatic rings. The van der Waals surface area contributed by atoms with Crippen LogP contribution in [0.4, 0.5) is 0 Å². The first-order chi connectivity index (χ1) is 8.28. The van der Waals surface area contributed by atoms with Gasteiger partial charge in [0.2, 0.25) is 0 Å². The van der Waals surface area contributed by atoms with Crippen molar-refractivity contribution in [3.8, 4) is 11.5 Å². The summed E-state index contributed by atoms with van der Waals surface area (Å²) in [5, 5.41) is 0.904. The van der Waals surface area contributed by atoms with Gasteiger partial charge in [-0.1, -0.05) is 19.1 Å². The van der Waals surface area contributed by atoms with Gasteiger partial charge in [0.25, 0.3) is 0 Å². The third-order valence-corrected chi connectivity index (χ3v) is 3.07. The fourth-order valence-corrected chi connectivity index (χ4v) is 2.18. The molecule has 0 unspecified atom stereocenters. The summed E-state index contributed by atoms with van der Waals surface area (Å²) in [5.74, 6) is 2.40. The Morgan fingerprint density at radius 2 is 2.00 bits per heavy atom. The molecule has 0 bridgehead atoms. The van der Waals surface area contributed by atoms with E-state index in [9.17, 15) is 0 Å². The highest BCUT2D eigenvalue weighted by Gasteiger charge is 2.13. The van der Waals surface area contributed by atoms with Crippen molar-refractivity contribution in [2.75, 3.05) is 13.2 Å². The van der Waals surface area contributed by atoms with Gasteiger partial charge in [0.1, 0.15) is 23.7 Å². The maximum absolute atomic E-state index is 5.55. The van der Waals surface area contributed by atoms with Crippen LogP contribution in [0.25, 0.3) is 10.9 Å². The van der Waals surface area contributed by atoms with Gasteiger partial charge in [-0.25, -0.2) is 4.98 Å². The second-order valence-electron chi connectivity index (χ2n) is 3.88. The lowest BCUT2D eigenvalue weighted by molar-refractivity contribution is 0.172. The zero-order valence-corrected chi connectivity index (χ0v) is 10.3. The summed E-state index contributed by atoms with van der Waals surface area (Å²) >= 11 is 5.29. The minimum absolute atomic E-state index is 0.579. The largest absolute Gasteiger partial charge is 0.486 e. The first-order valence-corrected chi connectivity index (χ1v) is 6.01. The average molecular weight is 248 g/mol. The lowest BCUT2D eigenvalue weighted by atomic mass is 10.2. The number of nitrogens with zero attached hydrogens (tertiary/aromatic N) is 1. The van der Waals surface area contributed by atoms with Crippen molar-refractivity contribution < 1.29 is 9.47 Å². The van der Waals surface area contributed by atoms with Crippen molar-refractivity contribution in [1.29, 1.82) is 0 Å². The number of benzene rings is 1. The second-order valence-corrected chi connectivity index (χ2v) is 4.27. The van der Waals surface area contributed by atoms with E-state index < -0.39 is 0 Å². The molecule has 4 nitrogen and oxygen atoms in total. The molecule has 0 saturated heterocycles. The third kappa shape index (κ3) is 1.76. The topological polar surface area (TPSA) is 47.1 Å². The fraction of sp³-hybridized carbons (Fsp3) is 0.333. The van der Waals surface area contributed by atoms with E-state index in [2.05, 4.69) is 9.97 Å². The number of hydrogen-bond donors (Lipinski definition) is 1. The molecular weight excluding hydrogens is 236 g/mol. The van der Waals surface area contributed by atoms with Crippen molar-refractivity contribution in [2.45, 2.75) is 13.3 Å². The summed E-state index contributed by atoms with van der Waals surface area (Å²) < 4.78 is 11.7. The van der Waals surface area contributed by atoms with E-state index in [-0.39, 0.29) is 0 Å². The molecule has 88 valence electrons. The Kier molecular flexibility index (Phi) is 2.48. The molecule has 0 spiro atoms. The summed E-state index contributed by atoms with van der Waals surface area (Å²) in [7, 11) is 0. The highest BCUT2D eigenvalue weighted by Crippen LogP contribution is 2.34. The van der Waals surface area contributed by atoms with Crippen LogP contribution >= 0.6 is 12.2 Å². The summed E-state index contributed by atoms with van der Waals surface area (Å²) in [4.78, 5) is 7.59. The second kappa shape index (κ2) is 4.00. The Morgan fingerprint density at radius 3 is 2.71 bits per heavy atom. The van der Waals surface area contributed by atoms with Crippen LogP contribution in [0.3, 0.4) is 0 Å². The molecule has 2 heterocycles. The van der Waals surface area contributed by atoms with E-state index in [1.165, 1.54) is 0 Å². The standard InChI is InChI=1S/C12H12N2O2S/c1-2-11-13-8-6-10-9(15-3-4-16-10)5-7(8)12(17)14-11/h5-6H,2-4H2,1H3,(H,13,14,17). The Hall–Kier alpha value is -1.62. The van der Waals surface area contributed by atoms with Gasteiger partial charge < -0.3 is 14.5 Å². The first kappa shape index (κ1) is 10.5. The van der Waals surface area contributed by atoms with Gasteiger partial charge in [-0.2, -0.15) is 0 Å². The van der Waals surface area contributed by atoms with E-state index >= 15 is 0 Å². The summed E-state index contributed by atoms with van der Waals surface area (Å²) in [5.41, 5.74) is 0.950. The Bertz CT molecular complexity index is 636. The van der Waals surface area contributed by atoms with Gasteiger partial charge in [-0.05, 0) is 6.07 Å². The summed E-state index contributed by atoms with van der Waals surface area (Å²) in [6, 6.07) is 3.83. The molecule has 0 aliphatic carbocycles. The molecule has 5 heteroatoms. The van der Waals surface area contributed by atoms with E-state index in [1.54, 1.807) is 0 Å². The van der Waals surface area contributed by atoms with Gasteiger partial charge in [0, 0.05) is 17.9 Å². The fourth-order valence-electron chi connectivity index (χ4n) is 1.90. The van der Waals surface area contributed by atoms with E-state index in [4.69, 9.17) is 21.7 Å². The van der Waals surface area contributed by atoms with Gasteiger partial charge in [0.15, 0.2) is 11.5 Å². The summed E-state index contributed by atoms with van der Waals surface area (Å²) in [6.45, 7) is 3.21. The molecule has 1 aliphatic heterocycles. The van der Waals surface area contributed by atoms with Crippen LogP contribution in [-0.2, 0) is 6.42 Å². The Labute approximate surface area is 104 Å². The number of H-pyrrole nitrogens is 1. The normalized spacial score (nSPS) is 13.9. The average Bonchev–Trinajstić information content (AvgIpc) is 2.36. The molecule has 0 radical (unpaired) electrons. The van der Waals surface area contributed by atoms with Crippen molar-refractivity contribution >= 4 is 23.1 Å². The summed E-state index contributed by atoms with van der Waals surface area (Å²) in [6.07, 6.45) is 0.827. The number of nitrogens with one attached hydrogen (secondary N) is 1. The lowest BCUT2D eigenvalue weighted by Crippen LogP contribution is -2.15. The quantitative estimate of drug-likeness (QED) is 0.788. The minimum atomic E-state index is 0.579. The Morgan fingerprint density at radius 1 is 1.29 bits per heavy atom. The van der Waals surface area contributed by atoms with Crippen LogP contribution in [0.5, 0.6) is 11.5 Å². The lowest BCUT2D eigenvalue weighted by Gasteiger charge is -2.18. The van der Waals surface area contributed by atoms with E-state index in [1.807, 2.05) is 19.1 Å². The SMILES string of the molecule is CCc1nc(=S)c2cc3c(cc2[nH]1)OCCO3. The molecule has 0 amide bonds. The van der Waals surface area contributed by atoms with Crippen LogP contribution in [0.1, 0.15) is 12.7 Å². The zero-order chi connectivity index (χ0) is 11.8. The molecule has 17 heavy (non-hydrogen) atoms. The van der Waals surface area contributed by atoms with Crippen LogP contribution in [0.15, 0.2) is 12.1 Å². The number of aromatic amines is 1. The molecule has 0 atom stereocenters. The molecule has 1 N–H and O–H groups in total. The molecule has 1 aromatic carbocycles. The number of aryl methyl sites for hydroxylation is 1. The van der Waals surface area contributed by atoms with Gasteiger partial charge in [0.05, 0.1) is 5.52 Å². The third-order valence-electron chi connectivity index (χ3n) is 2.76. The monoisotopic (exact) mass is 248 g/mol. The van der Waals surface area contributed by atoms with E-state index in [0.717, 1.165) is 34.6 Å². The van der Waals surface area contributed by atoms with Crippen molar-refractivity contribution in [2.24, 2.45) is 0 Å². The molecule has 0 fully saturated rings. The molecule has 3 rings (SSSR count). The minimum Gasteiger partial charge on any atom is -0.486 e.